The monoisotopic (exact) mass is 345 g/mol. The third kappa shape index (κ3) is 20.2. The molecule has 0 saturated carbocycles. The van der Waals surface area contributed by atoms with Crippen molar-refractivity contribution in [2.75, 3.05) is 6.54 Å². The number of esters is 1. The van der Waals surface area contributed by atoms with Gasteiger partial charge in [0.1, 0.15) is 6.04 Å². The highest BCUT2D eigenvalue weighted by molar-refractivity contribution is 6.26. The second-order valence-corrected chi connectivity index (χ2v) is 5.69. The summed E-state index contributed by atoms with van der Waals surface area (Å²) in [5.74, 6) is -0.688. The van der Waals surface area contributed by atoms with E-state index in [1.807, 2.05) is 13.8 Å². The van der Waals surface area contributed by atoms with Gasteiger partial charge < -0.3 is 21.2 Å². The maximum absolute atomic E-state index is 11.7. The number of nitrogens with two attached hydrogens (primary N) is 1. The number of carbonyl (C=O) groups excluding carboxylic acids is 3. The predicted octanol–water partition coefficient (Wildman–Crippen LogP) is 2.07. The molecule has 0 saturated heterocycles. The summed E-state index contributed by atoms with van der Waals surface area (Å²) in [4.78, 5) is 33.8. The molecule has 0 fully saturated rings. The van der Waals surface area contributed by atoms with E-state index in [0.29, 0.717) is 6.21 Å². The number of carbonyl (C=O) groups is 3. The Bertz CT molecular complexity index is 366. The Labute approximate surface area is 146 Å². The van der Waals surface area contributed by atoms with Crippen LogP contribution in [0.15, 0.2) is 0 Å². The topological polar surface area (TPSA) is 122 Å². The van der Waals surface area contributed by atoms with Crippen LogP contribution in [-0.4, -0.2) is 42.6 Å². The van der Waals surface area contributed by atoms with Gasteiger partial charge in [0.2, 0.25) is 5.91 Å². The summed E-state index contributed by atoms with van der Waals surface area (Å²) < 4.78 is 4.96. The first kappa shape index (κ1) is 27.1. The van der Waals surface area contributed by atoms with Crippen molar-refractivity contribution >= 4 is 23.9 Å². The molecule has 0 aliphatic carbocycles. The van der Waals surface area contributed by atoms with Crippen LogP contribution in [0.25, 0.3) is 0 Å². The molecule has 4 N–H and O–H groups in total. The van der Waals surface area contributed by atoms with Crippen molar-refractivity contribution < 1.29 is 19.1 Å². The number of ether oxygens (including phenoxy) is 1. The zero-order valence-electron chi connectivity index (χ0n) is 16.1. The van der Waals surface area contributed by atoms with Gasteiger partial charge in [-0.25, -0.2) is 4.79 Å². The zero-order chi connectivity index (χ0) is 19.7. The Morgan fingerprint density at radius 2 is 1.58 bits per heavy atom. The van der Waals surface area contributed by atoms with Gasteiger partial charge in [-0.2, -0.15) is 0 Å². The number of nitrogens with one attached hydrogen (secondary N) is 2. The SMILES string of the molecule is CC.CC(C)C.CC(C)OC(=O)C(CCC(=O)C=N)NC(=O)CN. The molecule has 7 nitrogen and oxygen atoms in total. The first-order chi connectivity index (χ1) is 11.1. The van der Waals surface area contributed by atoms with Crippen molar-refractivity contribution in [1.29, 1.82) is 5.41 Å². The first-order valence-corrected chi connectivity index (χ1v) is 8.37. The fourth-order valence-corrected chi connectivity index (χ4v) is 1.18. The van der Waals surface area contributed by atoms with Crippen LogP contribution in [0.4, 0.5) is 0 Å². The summed E-state index contributed by atoms with van der Waals surface area (Å²) in [6, 6.07) is -0.910. The highest BCUT2D eigenvalue weighted by atomic mass is 16.5. The van der Waals surface area contributed by atoms with E-state index in [1.165, 1.54) is 0 Å². The van der Waals surface area contributed by atoms with Crippen molar-refractivity contribution in [3.63, 3.8) is 0 Å². The summed E-state index contributed by atoms with van der Waals surface area (Å²) in [6.07, 6.45) is 0.445. The van der Waals surface area contributed by atoms with E-state index >= 15 is 0 Å². The summed E-state index contributed by atoms with van der Waals surface area (Å²) in [6.45, 7) is 13.6. The van der Waals surface area contributed by atoms with Crippen molar-refractivity contribution in [2.24, 2.45) is 11.7 Å². The minimum Gasteiger partial charge on any atom is -0.461 e. The maximum Gasteiger partial charge on any atom is 0.328 e. The second kappa shape index (κ2) is 17.6. The standard InChI is InChI=1S/C11H19N3O4.C4H10.C2H6/c1-7(2)18-11(17)9(14-10(16)6-13)4-3-8(15)5-12;1-4(2)3;1-2/h5,7,9,12H,3-4,6,13H2,1-2H3,(H,14,16);4H,1-3H3;1-2H3. The summed E-state index contributed by atoms with van der Waals surface area (Å²) >= 11 is 0. The van der Waals surface area contributed by atoms with Gasteiger partial charge >= 0.3 is 5.97 Å². The molecule has 0 aliphatic heterocycles. The molecule has 7 heteroatoms. The van der Waals surface area contributed by atoms with Gasteiger partial charge in [-0.15, -0.1) is 0 Å². The summed E-state index contributed by atoms with van der Waals surface area (Å²) in [5, 5.41) is 9.14. The van der Waals surface area contributed by atoms with Crippen LogP contribution in [0.2, 0.25) is 0 Å². The third-order valence-electron chi connectivity index (χ3n) is 2.00. The van der Waals surface area contributed by atoms with Crippen LogP contribution in [0.1, 0.15) is 61.3 Å². The van der Waals surface area contributed by atoms with Gasteiger partial charge in [0.15, 0.2) is 5.78 Å². The van der Waals surface area contributed by atoms with E-state index in [0.717, 1.165) is 5.92 Å². The van der Waals surface area contributed by atoms with Gasteiger partial charge in [-0.3, -0.25) is 9.59 Å². The molecule has 1 amide bonds. The van der Waals surface area contributed by atoms with Crippen molar-refractivity contribution in [1.82, 2.24) is 5.32 Å². The first-order valence-electron chi connectivity index (χ1n) is 8.37. The van der Waals surface area contributed by atoms with E-state index in [-0.39, 0.29) is 25.5 Å². The van der Waals surface area contributed by atoms with Crippen LogP contribution in [0.3, 0.4) is 0 Å². The molecular weight excluding hydrogens is 310 g/mol. The average molecular weight is 345 g/mol. The van der Waals surface area contributed by atoms with E-state index < -0.39 is 23.7 Å². The molecule has 142 valence electrons. The lowest BCUT2D eigenvalue weighted by molar-refractivity contribution is -0.151. The Balaban J connectivity index is -0.000000636. The lowest BCUT2D eigenvalue weighted by Gasteiger charge is -2.18. The number of hydrogen-bond donors (Lipinski definition) is 3. The number of Topliss-reactive ketones (excluding diaryl/α,β-unsaturated/α-hetero) is 1. The quantitative estimate of drug-likeness (QED) is 0.459. The van der Waals surface area contributed by atoms with Crippen molar-refractivity contribution in [2.45, 2.75) is 73.5 Å². The number of hydrogen-bond acceptors (Lipinski definition) is 6. The molecule has 1 atom stereocenters. The normalized spacial score (nSPS) is 10.6. The Morgan fingerprint density at radius 3 is 1.92 bits per heavy atom. The molecule has 0 aromatic carbocycles. The second-order valence-electron chi connectivity index (χ2n) is 5.69. The van der Waals surface area contributed by atoms with Crippen molar-refractivity contribution in [3.05, 3.63) is 0 Å². The minimum atomic E-state index is -0.910. The van der Waals surface area contributed by atoms with E-state index in [9.17, 15) is 14.4 Å². The van der Waals surface area contributed by atoms with Crippen molar-refractivity contribution in [3.8, 4) is 0 Å². The molecule has 1 unspecified atom stereocenters. The summed E-state index contributed by atoms with van der Waals surface area (Å²) in [7, 11) is 0. The maximum atomic E-state index is 11.7. The molecule has 0 radical (unpaired) electrons. The smallest absolute Gasteiger partial charge is 0.328 e. The van der Waals surface area contributed by atoms with Crippen LogP contribution in [0, 0.1) is 11.3 Å². The molecular formula is C17H35N3O4. The zero-order valence-corrected chi connectivity index (χ0v) is 16.1. The van der Waals surface area contributed by atoms with Gasteiger partial charge in [-0.1, -0.05) is 34.6 Å². The van der Waals surface area contributed by atoms with Gasteiger partial charge in [0.05, 0.1) is 18.9 Å². The molecule has 0 spiro atoms. The van der Waals surface area contributed by atoms with Gasteiger partial charge in [-0.05, 0) is 26.2 Å². The third-order valence-corrected chi connectivity index (χ3v) is 2.00. The van der Waals surface area contributed by atoms with Gasteiger partial charge in [0.25, 0.3) is 0 Å². The molecule has 0 aromatic rings. The van der Waals surface area contributed by atoms with E-state index in [1.54, 1.807) is 13.8 Å². The predicted molar refractivity (Wildman–Crippen MR) is 97.1 cm³/mol. The average Bonchev–Trinajstić information content (AvgIpc) is 2.51. The highest BCUT2D eigenvalue weighted by Gasteiger charge is 2.23. The highest BCUT2D eigenvalue weighted by Crippen LogP contribution is 2.03. The van der Waals surface area contributed by atoms with Crippen LogP contribution in [0.5, 0.6) is 0 Å². The number of ketones is 1. The molecule has 0 rings (SSSR count). The fraction of sp³-hybridized carbons (Fsp3) is 0.765. The van der Waals surface area contributed by atoms with E-state index in [2.05, 4.69) is 26.1 Å². The van der Waals surface area contributed by atoms with Gasteiger partial charge in [0, 0.05) is 6.42 Å². The minimum absolute atomic E-state index is 0.00772. The van der Waals surface area contributed by atoms with E-state index in [4.69, 9.17) is 15.9 Å². The number of amides is 1. The lowest BCUT2D eigenvalue weighted by atomic mass is 10.1. The summed E-state index contributed by atoms with van der Waals surface area (Å²) in [5.41, 5.74) is 5.14. The molecule has 0 aliphatic rings. The Hall–Kier alpha value is -1.76. The lowest BCUT2D eigenvalue weighted by Crippen LogP contribution is -2.45. The molecule has 24 heavy (non-hydrogen) atoms. The Morgan fingerprint density at radius 1 is 1.12 bits per heavy atom. The molecule has 0 heterocycles. The number of rotatable bonds is 8. The molecule has 0 aromatic heterocycles. The Kier molecular flexibility index (Phi) is 19.9. The largest absolute Gasteiger partial charge is 0.461 e. The van der Waals surface area contributed by atoms with Crippen LogP contribution >= 0.6 is 0 Å². The van der Waals surface area contributed by atoms with Crippen LogP contribution in [-0.2, 0) is 19.1 Å². The molecule has 0 bridgehead atoms. The fourth-order valence-electron chi connectivity index (χ4n) is 1.18. The van der Waals surface area contributed by atoms with Crippen LogP contribution < -0.4 is 11.1 Å².